The number of benzene rings is 1. The minimum Gasteiger partial charge on any atom is -0.477 e. The van der Waals surface area contributed by atoms with E-state index in [2.05, 4.69) is 5.32 Å². The molecule has 1 aromatic carbocycles. The lowest BCUT2D eigenvalue weighted by molar-refractivity contribution is -0.150. The molecule has 120 valence electrons. The number of nitrogens with zero attached hydrogens (tertiary/aromatic N) is 1. The summed E-state index contributed by atoms with van der Waals surface area (Å²) in [6.45, 7) is 1.71. The smallest absolute Gasteiger partial charge is 0.352 e. The monoisotopic (exact) mass is 332 g/mol. The molecule has 0 bridgehead atoms. The average molecular weight is 332 g/mol. The first kappa shape index (κ1) is 15.6. The van der Waals surface area contributed by atoms with Crippen LogP contribution in [0.4, 0.5) is 0 Å². The predicted octanol–water partition coefficient (Wildman–Crippen LogP) is 0.988. The number of fused-ring (bicyclic) bond motifs is 1. The summed E-state index contributed by atoms with van der Waals surface area (Å²) >= 11 is 1.47. The van der Waals surface area contributed by atoms with Crippen molar-refractivity contribution in [1.82, 2.24) is 10.2 Å². The van der Waals surface area contributed by atoms with E-state index < -0.39 is 12.0 Å². The van der Waals surface area contributed by atoms with Gasteiger partial charge in [-0.15, -0.1) is 11.8 Å². The lowest BCUT2D eigenvalue weighted by Gasteiger charge is -2.49. The highest BCUT2D eigenvalue weighted by atomic mass is 32.2. The van der Waals surface area contributed by atoms with Gasteiger partial charge in [0, 0.05) is 5.75 Å². The Bertz CT molecular complexity index is 701. The average Bonchev–Trinajstić information content (AvgIpc) is 2.53. The fourth-order valence-corrected chi connectivity index (χ4v) is 4.07. The largest absolute Gasteiger partial charge is 0.477 e. The van der Waals surface area contributed by atoms with E-state index in [1.54, 1.807) is 6.92 Å². The number of hydrogen-bond donors (Lipinski definition) is 2. The van der Waals surface area contributed by atoms with Gasteiger partial charge in [-0.3, -0.25) is 14.5 Å². The van der Waals surface area contributed by atoms with Crippen LogP contribution in [-0.2, 0) is 20.8 Å². The van der Waals surface area contributed by atoms with Crippen LogP contribution in [0.25, 0.3) is 0 Å². The zero-order valence-corrected chi connectivity index (χ0v) is 13.3. The van der Waals surface area contributed by atoms with Crippen LogP contribution in [0.3, 0.4) is 0 Å². The number of rotatable bonds is 4. The second-order valence-corrected chi connectivity index (χ2v) is 6.66. The van der Waals surface area contributed by atoms with Gasteiger partial charge in [-0.1, -0.05) is 30.3 Å². The van der Waals surface area contributed by atoms with E-state index in [9.17, 15) is 19.5 Å². The maximum Gasteiger partial charge on any atom is 0.352 e. The zero-order valence-electron chi connectivity index (χ0n) is 12.5. The number of carboxylic acid groups (broad SMARTS) is 1. The topological polar surface area (TPSA) is 86.7 Å². The lowest BCUT2D eigenvalue weighted by Crippen LogP contribution is -2.70. The molecular weight excluding hydrogens is 316 g/mol. The molecule has 0 unspecified atom stereocenters. The van der Waals surface area contributed by atoms with Crippen molar-refractivity contribution in [2.24, 2.45) is 0 Å². The molecular formula is C16H16N2O4S. The van der Waals surface area contributed by atoms with E-state index in [4.69, 9.17) is 0 Å². The molecule has 2 aliphatic rings. The number of carboxylic acids is 1. The van der Waals surface area contributed by atoms with Crippen molar-refractivity contribution in [3.63, 3.8) is 0 Å². The highest BCUT2D eigenvalue weighted by Gasteiger charge is 2.53. The van der Waals surface area contributed by atoms with Crippen molar-refractivity contribution in [3.05, 3.63) is 47.2 Å². The molecule has 2 N–H and O–H groups in total. The third kappa shape index (κ3) is 2.84. The number of thioether (sulfide) groups is 1. The molecule has 3 rings (SSSR count). The molecule has 2 heterocycles. The molecule has 2 atom stereocenters. The first-order valence-corrected chi connectivity index (χ1v) is 8.25. The van der Waals surface area contributed by atoms with Crippen molar-refractivity contribution >= 4 is 29.5 Å². The molecule has 0 aliphatic carbocycles. The van der Waals surface area contributed by atoms with Crippen molar-refractivity contribution < 1.29 is 19.5 Å². The molecule has 1 saturated heterocycles. The molecule has 1 aromatic rings. The number of nitrogens with one attached hydrogen (secondary N) is 1. The van der Waals surface area contributed by atoms with E-state index in [-0.39, 0.29) is 29.3 Å². The fraction of sp³-hybridized carbons (Fsp3) is 0.312. The highest BCUT2D eigenvalue weighted by Crippen LogP contribution is 2.40. The Morgan fingerprint density at radius 1 is 1.35 bits per heavy atom. The van der Waals surface area contributed by atoms with Gasteiger partial charge in [0.05, 0.1) is 6.42 Å². The third-order valence-electron chi connectivity index (χ3n) is 3.89. The molecule has 2 amide bonds. The van der Waals surface area contributed by atoms with Gasteiger partial charge in [0.2, 0.25) is 5.91 Å². The van der Waals surface area contributed by atoms with Gasteiger partial charge in [-0.2, -0.15) is 0 Å². The standard InChI is InChI=1S/C16H16N2O4S/c1-9-8-23-15-12(14(20)18(15)13(9)16(21)22)17-11(19)7-10-5-3-2-4-6-10/h2-6,12,15H,7-8H2,1H3,(H,17,19)(H,21,22)/t12-,15+/m1/s1. The summed E-state index contributed by atoms with van der Waals surface area (Å²) in [6, 6.07) is 8.61. The van der Waals surface area contributed by atoms with E-state index in [1.165, 1.54) is 16.7 Å². The summed E-state index contributed by atoms with van der Waals surface area (Å²) in [5.74, 6) is -1.16. The van der Waals surface area contributed by atoms with Crippen LogP contribution in [-0.4, -0.2) is 45.0 Å². The number of hydrogen-bond acceptors (Lipinski definition) is 4. The van der Waals surface area contributed by atoms with E-state index in [1.807, 2.05) is 30.3 Å². The molecule has 0 saturated carbocycles. The molecule has 0 radical (unpaired) electrons. The number of amides is 2. The molecule has 0 spiro atoms. The fourth-order valence-electron chi connectivity index (χ4n) is 2.78. The van der Waals surface area contributed by atoms with Crippen LogP contribution in [0.5, 0.6) is 0 Å². The van der Waals surface area contributed by atoms with Gasteiger partial charge < -0.3 is 10.4 Å². The Kier molecular flexibility index (Phi) is 4.12. The second kappa shape index (κ2) is 6.08. The second-order valence-electron chi connectivity index (χ2n) is 5.55. The van der Waals surface area contributed by atoms with Gasteiger partial charge >= 0.3 is 5.97 Å². The number of carbonyl (C=O) groups excluding carboxylic acids is 2. The summed E-state index contributed by atoms with van der Waals surface area (Å²) in [4.78, 5) is 36.9. The number of β-lactam (4-membered cyclic amide) rings is 1. The summed E-state index contributed by atoms with van der Waals surface area (Å²) in [5, 5.41) is 11.6. The van der Waals surface area contributed by atoms with E-state index in [0.29, 0.717) is 11.3 Å². The first-order valence-electron chi connectivity index (χ1n) is 7.20. The molecule has 2 aliphatic heterocycles. The van der Waals surface area contributed by atoms with Gasteiger partial charge in [0.15, 0.2) is 0 Å². The zero-order chi connectivity index (χ0) is 16.6. The first-order chi connectivity index (χ1) is 11.0. The minimum atomic E-state index is -1.10. The molecule has 1 fully saturated rings. The van der Waals surface area contributed by atoms with Gasteiger partial charge in [0.1, 0.15) is 17.1 Å². The Balaban J connectivity index is 1.67. The SMILES string of the molecule is CC1=C(C(=O)O)N2C(=O)[C@@H](NC(=O)Cc3ccccc3)[C@@H]2SC1. The number of aliphatic carboxylic acids is 1. The van der Waals surface area contributed by atoms with Crippen LogP contribution in [0, 0.1) is 0 Å². The van der Waals surface area contributed by atoms with Crippen LogP contribution in [0.1, 0.15) is 12.5 Å². The van der Waals surface area contributed by atoms with E-state index >= 15 is 0 Å². The molecule has 23 heavy (non-hydrogen) atoms. The normalized spacial score (nSPS) is 23.2. The van der Waals surface area contributed by atoms with Crippen LogP contribution in [0.2, 0.25) is 0 Å². The third-order valence-corrected chi connectivity index (χ3v) is 5.31. The van der Waals surface area contributed by atoms with Gasteiger partial charge in [-0.25, -0.2) is 4.79 Å². The predicted molar refractivity (Wildman–Crippen MR) is 85.5 cm³/mol. The van der Waals surface area contributed by atoms with Crippen molar-refractivity contribution in [1.29, 1.82) is 0 Å². The van der Waals surface area contributed by atoms with E-state index in [0.717, 1.165) is 5.56 Å². The highest BCUT2D eigenvalue weighted by molar-refractivity contribution is 8.00. The Morgan fingerprint density at radius 3 is 2.70 bits per heavy atom. The Hall–Kier alpha value is -2.28. The maximum absolute atomic E-state index is 12.2. The summed E-state index contributed by atoms with van der Waals surface area (Å²) in [6.07, 6.45) is 0.197. The van der Waals surface area contributed by atoms with Crippen molar-refractivity contribution in [2.45, 2.75) is 24.8 Å². The quantitative estimate of drug-likeness (QED) is 0.803. The van der Waals surface area contributed by atoms with Gasteiger partial charge in [0.25, 0.3) is 5.91 Å². The Labute approximate surface area is 137 Å². The van der Waals surface area contributed by atoms with Crippen molar-refractivity contribution in [2.75, 3.05) is 5.75 Å². The Morgan fingerprint density at radius 2 is 2.04 bits per heavy atom. The maximum atomic E-state index is 12.2. The van der Waals surface area contributed by atoms with Gasteiger partial charge in [-0.05, 0) is 18.1 Å². The van der Waals surface area contributed by atoms with Crippen LogP contribution >= 0.6 is 11.8 Å². The molecule has 6 nitrogen and oxygen atoms in total. The molecule has 0 aromatic heterocycles. The lowest BCUT2D eigenvalue weighted by atomic mass is 10.0. The van der Waals surface area contributed by atoms with Crippen LogP contribution < -0.4 is 5.32 Å². The summed E-state index contributed by atoms with van der Waals surface area (Å²) in [5.41, 5.74) is 1.58. The minimum absolute atomic E-state index is 0.0484. The van der Waals surface area contributed by atoms with Crippen molar-refractivity contribution in [3.8, 4) is 0 Å². The summed E-state index contributed by atoms with van der Waals surface area (Å²) in [7, 11) is 0. The summed E-state index contributed by atoms with van der Waals surface area (Å²) < 4.78 is 0. The van der Waals surface area contributed by atoms with Crippen LogP contribution in [0.15, 0.2) is 41.6 Å². The number of carbonyl (C=O) groups is 3. The molecule has 7 heteroatoms.